The van der Waals surface area contributed by atoms with Crippen molar-refractivity contribution < 1.29 is 4.79 Å². The number of halogens is 1. The first-order chi connectivity index (χ1) is 8.22. The third-order valence-electron chi connectivity index (χ3n) is 2.60. The number of nitrogens with zero attached hydrogens (tertiary/aromatic N) is 1. The van der Waals surface area contributed by atoms with Crippen molar-refractivity contribution in [3.63, 3.8) is 0 Å². The molecule has 0 bridgehead atoms. The van der Waals surface area contributed by atoms with Crippen molar-refractivity contribution in [3.8, 4) is 0 Å². The Kier molecular flexibility index (Phi) is 4.07. The molecule has 0 aliphatic carbocycles. The second kappa shape index (κ2) is 5.56. The largest absolute Gasteiger partial charge is 0.294 e. The predicted octanol–water partition coefficient (Wildman–Crippen LogP) is 3.89. The fourth-order valence-electron chi connectivity index (χ4n) is 1.67. The van der Waals surface area contributed by atoms with Gasteiger partial charge in [0.25, 0.3) is 0 Å². The highest BCUT2D eigenvalue weighted by molar-refractivity contribution is 9.10. The average Bonchev–Trinajstić information content (AvgIpc) is 2.75. The van der Waals surface area contributed by atoms with Crippen LogP contribution in [-0.2, 0) is 12.8 Å². The maximum Gasteiger partial charge on any atom is 0.168 e. The van der Waals surface area contributed by atoms with Gasteiger partial charge in [-0.05, 0) is 45.4 Å². The minimum Gasteiger partial charge on any atom is -0.294 e. The van der Waals surface area contributed by atoms with Crippen LogP contribution < -0.4 is 0 Å². The van der Waals surface area contributed by atoms with E-state index in [9.17, 15) is 4.79 Å². The van der Waals surface area contributed by atoms with Gasteiger partial charge in [-0.2, -0.15) is 0 Å². The van der Waals surface area contributed by atoms with E-state index in [0.29, 0.717) is 6.42 Å². The lowest BCUT2D eigenvalue weighted by molar-refractivity contribution is 0.0992. The molecule has 2 nitrogen and oxygen atoms in total. The summed E-state index contributed by atoms with van der Waals surface area (Å²) in [4.78, 5) is 17.3. The Hall–Kier alpha value is -1.00. The first-order valence-electron chi connectivity index (χ1n) is 5.40. The lowest BCUT2D eigenvalue weighted by atomic mass is 10.0. The zero-order valence-corrected chi connectivity index (χ0v) is 11.8. The molecule has 0 aromatic carbocycles. The molecule has 0 saturated carbocycles. The fourth-order valence-corrected chi connectivity index (χ4v) is 3.16. The van der Waals surface area contributed by atoms with E-state index in [1.165, 1.54) is 0 Å². The Morgan fingerprint density at radius 2 is 2.29 bits per heavy atom. The van der Waals surface area contributed by atoms with Gasteiger partial charge in [0.2, 0.25) is 0 Å². The number of thiophene rings is 1. The normalized spacial score (nSPS) is 10.5. The van der Waals surface area contributed by atoms with E-state index < -0.39 is 0 Å². The number of pyridine rings is 1. The number of Topliss-reactive ketones (excluding diaryl/α,β-unsaturated/α-hetero) is 1. The second-order valence-corrected chi connectivity index (χ2v) is 5.53. The highest BCUT2D eigenvalue weighted by atomic mass is 79.9. The SMILES string of the molecule is CCc1cnccc1C(=O)Cc1sccc1Br. The molecule has 0 spiro atoms. The van der Waals surface area contributed by atoms with Gasteiger partial charge in [0, 0.05) is 33.7 Å². The highest BCUT2D eigenvalue weighted by Crippen LogP contribution is 2.24. The Morgan fingerprint density at radius 3 is 2.94 bits per heavy atom. The zero-order valence-electron chi connectivity index (χ0n) is 9.44. The van der Waals surface area contributed by atoms with Gasteiger partial charge in [0.05, 0.1) is 0 Å². The van der Waals surface area contributed by atoms with Crippen LogP contribution in [-0.4, -0.2) is 10.8 Å². The molecule has 0 N–H and O–H groups in total. The van der Waals surface area contributed by atoms with Gasteiger partial charge < -0.3 is 0 Å². The van der Waals surface area contributed by atoms with Crippen LogP contribution in [0.2, 0.25) is 0 Å². The molecule has 17 heavy (non-hydrogen) atoms. The highest BCUT2D eigenvalue weighted by Gasteiger charge is 2.13. The molecule has 0 unspecified atom stereocenters. The first-order valence-corrected chi connectivity index (χ1v) is 7.07. The van der Waals surface area contributed by atoms with Crippen molar-refractivity contribution in [2.45, 2.75) is 19.8 Å². The fraction of sp³-hybridized carbons (Fsp3) is 0.231. The number of rotatable bonds is 4. The van der Waals surface area contributed by atoms with E-state index >= 15 is 0 Å². The summed E-state index contributed by atoms with van der Waals surface area (Å²) in [5, 5.41) is 1.99. The lowest BCUT2D eigenvalue weighted by Crippen LogP contribution is -2.06. The topological polar surface area (TPSA) is 30.0 Å². The van der Waals surface area contributed by atoms with E-state index in [0.717, 1.165) is 26.9 Å². The van der Waals surface area contributed by atoms with E-state index in [1.54, 1.807) is 23.7 Å². The van der Waals surface area contributed by atoms with Crippen molar-refractivity contribution >= 4 is 33.0 Å². The monoisotopic (exact) mass is 309 g/mol. The Bertz CT molecular complexity index is 536. The summed E-state index contributed by atoms with van der Waals surface area (Å²) < 4.78 is 1.02. The van der Waals surface area contributed by atoms with E-state index in [1.807, 2.05) is 24.4 Å². The molecule has 0 amide bonds. The third-order valence-corrected chi connectivity index (χ3v) is 4.52. The average molecular weight is 310 g/mol. The minimum absolute atomic E-state index is 0.160. The summed E-state index contributed by atoms with van der Waals surface area (Å²) in [6.45, 7) is 2.04. The number of carbonyl (C=O) groups is 1. The molecule has 0 saturated heterocycles. The summed E-state index contributed by atoms with van der Waals surface area (Å²) >= 11 is 5.05. The molecule has 4 heteroatoms. The first kappa shape index (κ1) is 12.5. The van der Waals surface area contributed by atoms with Gasteiger partial charge in [-0.3, -0.25) is 9.78 Å². The number of carbonyl (C=O) groups excluding carboxylic acids is 1. The quantitative estimate of drug-likeness (QED) is 0.802. The summed E-state index contributed by atoms with van der Waals surface area (Å²) in [6, 6.07) is 3.78. The number of ketones is 1. The van der Waals surface area contributed by atoms with E-state index in [-0.39, 0.29) is 5.78 Å². The van der Waals surface area contributed by atoms with Gasteiger partial charge in [-0.25, -0.2) is 0 Å². The molecule has 0 radical (unpaired) electrons. The molecular formula is C13H12BrNOS. The van der Waals surface area contributed by atoms with Crippen LogP contribution in [0.3, 0.4) is 0 Å². The molecule has 2 rings (SSSR count). The van der Waals surface area contributed by atoms with Gasteiger partial charge in [0.15, 0.2) is 5.78 Å². The Morgan fingerprint density at radius 1 is 1.47 bits per heavy atom. The summed E-state index contributed by atoms with van der Waals surface area (Å²) in [7, 11) is 0. The van der Waals surface area contributed by atoms with Crippen molar-refractivity contribution in [2.75, 3.05) is 0 Å². The summed E-state index contributed by atoms with van der Waals surface area (Å²) in [5.74, 6) is 0.160. The third kappa shape index (κ3) is 2.82. The van der Waals surface area contributed by atoms with E-state index in [2.05, 4.69) is 20.9 Å². The van der Waals surface area contributed by atoms with Gasteiger partial charge in [-0.15, -0.1) is 11.3 Å². The van der Waals surface area contributed by atoms with Crippen LogP contribution in [0.4, 0.5) is 0 Å². The molecular weight excluding hydrogens is 298 g/mol. The van der Waals surface area contributed by atoms with Crippen LogP contribution in [0.25, 0.3) is 0 Å². The van der Waals surface area contributed by atoms with Crippen molar-refractivity contribution in [1.82, 2.24) is 4.98 Å². The van der Waals surface area contributed by atoms with Crippen molar-refractivity contribution in [2.24, 2.45) is 0 Å². The molecule has 2 heterocycles. The number of hydrogen-bond acceptors (Lipinski definition) is 3. The Labute approximate surface area is 113 Å². The maximum atomic E-state index is 12.2. The minimum atomic E-state index is 0.160. The molecule has 2 aromatic heterocycles. The molecule has 0 aliphatic heterocycles. The molecule has 0 aliphatic rings. The number of aromatic nitrogens is 1. The predicted molar refractivity (Wildman–Crippen MR) is 73.7 cm³/mol. The van der Waals surface area contributed by atoms with Gasteiger partial charge >= 0.3 is 0 Å². The van der Waals surface area contributed by atoms with Crippen LogP contribution in [0.1, 0.15) is 27.7 Å². The van der Waals surface area contributed by atoms with Gasteiger partial charge in [-0.1, -0.05) is 6.92 Å². The molecule has 2 aromatic rings. The van der Waals surface area contributed by atoms with Crippen LogP contribution >= 0.6 is 27.3 Å². The van der Waals surface area contributed by atoms with Crippen LogP contribution in [0.5, 0.6) is 0 Å². The zero-order chi connectivity index (χ0) is 12.3. The Balaban J connectivity index is 2.23. The number of hydrogen-bond donors (Lipinski definition) is 0. The van der Waals surface area contributed by atoms with Crippen LogP contribution in [0.15, 0.2) is 34.4 Å². The summed E-state index contributed by atoms with van der Waals surface area (Å²) in [6.07, 6.45) is 4.74. The molecule has 0 fully saturated rings. The van der Waals surface area contributed by atoms with Crippen LogP contribution in [0, 0.1) is 0 Å². The molecule has 0 atom stereocenters. The smallest absolute Gasteiger partial charge is 0.168 e. The van der Waals surface area contributed by atoms with Gasteiger partial charge in [0.1, 0.15) is 0 Å². The number of aryl methyl sites for hydroxylation is 1. The molecule has 88 valence electrons. The second-order valence-electron chi connectivity index (χ2n) is 3.68. The lowest BCUT2D eigenvalue weighted by Gasteiger charge is -2.05. The van der Waals surface area contributed by atoms with Crippen molar-refractivity contribution in [3.05, 3.63) is 50.4 Å². The maximum absolute atomic E-state index is 12.2. The van der Waals surface area contributed by atoms with Crippen molar-refractivity contribution in [1.29, 1.82) is 0 Å². The van der Waals surface area contributed by atoms with E-state index in [4.69, 9.17) is 0 Å². The summed E-state index contributed by atoms with van der Waals surface area (Å²) in [5.41, 5.74) is 1.81. The standard InChI is InChI=1S/C13H12BrNOS/c1-2-9-8-15-5-3-10(9)12(16)7-13-11(14)4-6-17-13/h3-6,8H,2,7H2,1H3.